The number of carbonyl (C=O) groups excluding carboxylic acids is 3. The van der Waals surface area contributed by atoms with Crippen LogP contribution in [-0.2, 0) is 14.4 Å². The van der Waals surface area contributed by atoms with Crippen LogP contribution in [0.1, 0.15) is 44.9 Å². The van der Waals surface area contributed by atoms with E-state index in [9.17, 15) is 14.4 Å². The van der Waals surface area contributed by atoms with Gasteiger partial charge in [-0.2, -0.15) is 4.37 Å². The van der Waals surface area contributed by atoms with Crippen LogP contribution in [0, 0.1) is 5.41 Å². The second kappa shape index (κ2) is 8.90. The standard InChI is InChI=1S/C24H30N4O3S/c29-18-7-8-24(15-18)16-21(30)28(22(31)17-24)10-4-3-9-26-11-13-27(14-12-26)23-19-5-1-2-6-20(19)32-25-23/h1-2,5-6H,3-4,7-17H2. The van der Waals surface area contributed by atoms with Gasteiger partial charge in [-0.15, -0.1) is 0 Å². The van der Waals surface area contributed by atoms with Gasteiger partial charge in [-0.3, -0.25) is 24.2 Å². The molecule has 7 nitrogen and oxygen atoms in total. The van der Waals surface area contributed by atoms with Gasteiger partial charge in [-0.25, -0.2) is 0 Å². The van der Waals surface area contributed by atoms with E-state index >= 15 is 0 Å². The van der Waals surface area contributed by atoms with Gasteiger partial charge in [-0.1, -0.05) is 12.1 Å². The monoisotopic (exact) mass is 454 g/mol. The van der Waals surface area contributed by atoms with Crippen molar-refractivity contribution in [3.8, 4) is 0 Å². The molecule has 2 aliphatic heterocycles. The average molecular weight is 455 g/mol. The topological polar surface area (TPSA) is 73.8 Å². The Hall–Kier alpha value is -2.32. The van der Waals surface area contributed by atoms with E-state index in [-0.39, 0.29) is 23.0 Å². The van der Waals surface area contributed by atoms with Crippen molar-refractivity contribution in [2.24, 2.45) is 5.41 Å². The van der Waals surface area contributed by atoms with Crippen LogP contribution in [0.3, 0.4) is 0 Å². The van der Waals surface area contributed by atoms with Gasteiger partial charge in [0.15, 0.2) is 0 Å². The third kappa shape index (κ3) is 4.30. The fourth-order valence-corrected chi connectivity index (χ4v) is 6.27. The number of likely N-dealkylation sites (tertiary alicyclic amines) is 1. The van der Waals surface area contributed by atoms with E-state index < -0.39 is 0 Å². The predicted octanol–water partition coefficient (Wildman–Crippen LogP) is 3.09. The summed E-state index contributed by atoms with van der Waals surface area (Å²) in [6.07, 6.45) is 4.14. The molecule has 2 aromatic rings. The zero-order chi connectivity index (χ0) is 22.1. The number of benzene rings is 1. The van der Waals surface area contributed by atoms with E-state index in [1.54, 1.807) is 11.5 Å². The molecule has 1 aliphatic carbocycles. The summed E-state index contributed by atoms with van der Waals surface area (Å²) >= 11 is 1.56. The van der Waals surface area contributed by atoms with Gasteiger partial charge >= 0.3 is 0 Å². The Balaban J connectivity index is 1.05. The van der Waals surface area contributed by atoms with Crippen LogP contribution in [0.5, 0.6) is 0 Å². The first kappa shape index (κ1) is 21.5. The number of carbonyl (C=O) groups is 3. The average Bonchev–Trinajstić information content (AvgIpc) is 3.36. The second-order valence-electron chi connectivity index (χ2n) is 9.55. The Morgan fingerprint density at radius 1 is 0.906 bits per heavy atom. The van der Waals surface area contributed by atoms with Crippen molar-refractivity contribution in [2.45, 2.75) is 44.9 Å². The Kier molecular flexibility index (Phi) is 5.99. The number of rotatable bonds is 6. The largest absolute Gasteiger partial charge is 0.353 e. The maximum atomic E-state index is 12.6. The number of piperidine rings is 1. The number of anilines is 1. The summed E-state index contributed by atoms with van der Waals surface area (Å²) in [7, 11) is 0. The van der Waals surface area contributed by atoms with Gasteiger partial charge in [0.25, 0.3) is 0 Å². The molecule has 8 heteroatoms. The summed E-state index contributed by atoms with van der Waals surface area (Å²) in [5.41, 5.74) is -0.371. The SMILES string of the molecule is O=C1CCC2(C1)CC(=O)N(CCCCN1CCN(c3nsc4ccccc34)CC1)C(=O)C2. The molecule has 1 saturated carbocycles. The van der Waals surface area contributed by atoms with Crippen molar-refractivity contribution >= 4 is 45.0 Å². The Labute approximate surface area is 192 Å². The molecule has 3 heterocycles. The quantitative estimate of drug-likeness (QED) is 0.493. The maximum Gasteiger partial charge on any atom is 0.229 e. The fourth-order valence-electron chi connectivity index (χ4n) is 5.47. The van der Waals surface area contributed by atoms with E-state index in [4.69, 9.17) is 0 Å². The van der Waals surface area contributed by atoms with E-state index in [1.807, 2.05) is 0 Å². The third-order valence-corrected chi connectivity index (χ3v) is 8.11. The van der Waals surface area contributed by atoms with Crippen LogP contribution in [-0.4, -0.2) is 71.0 Å². The predicted molar refractivity (Wildman–Crippen MR) is 125 cm³/mol. The number of amides is 2. The summed E-state index contributed by atoms with van der Waals surface area (Å²) in [5.74, 6) is 1.14. The number of hydrogen-bond acceptors (Lipinski definition) is 7. The molecule has 1 aromatic heterocycles. The molecule has 170 valence electrons. The minimum atomic E-state index is -0.371. The van der Waals surface area contributed by atoms with Crippen LogP contribution >= 0.6 is 11.5 Å². The molecule has 3 aliphatic rings. The van der Waals surface area contributed by atoms with E-state index in [0.29, 0.717) is 38.6 Å². The zero-order valence-corrected chi connectivity index (χ0v) is 19.2. The van der Waals surface area contributed by atoms with Crippen LogP contribution in [0.2, 0.25) is 0 Å². The maximum absolute atomic E-state index is 12.6. The first-order valence-corrected chi connectivity index (χ1v) is 12.5. The highest BCUT2D eigenvalue weighted by molar-refractivity contribution is 7.13. The molecule has 2 saturated heterocycles. The van der Waals surface area contributed by atoms with E-state index in [1.165, 1.54) is 15.0 Å². The van der Waals surface area contributed by atoms with Crippen LogP contribution in [0.15, 0.2) is 24.3 Å². The van der Waals surface area contributed by atoms with Crippen LogP contribution in [0.4, 0.5) is 5.82 Å². The molecule has 3 fully saturated rings. The number of Topliss-reactive ketones (excluding diaryl/α,β-unsaturated/α-hetero) is 1. The van der Waals surface area contributed by atoms with Gasteiger partial charge in [0, 0.05) is 63.8 Å². The number of nitrogens with zero attached hydrogens (tertiary/aromatic N) is 4. The lowest BCUT2D eigenvalue weighted by molar-refractivity contribution is -0.153. The number of aromatic nitrogens is 1. The van der Waals surface area contributed by atoms with Gasteiger partial charge in [0.2, 0.25) is 11.8 Å². The van der Waals surface area contributed by atoms with Gasteiger partial charge in [0.1, 0.15) is 11.6 Å². The van der Waals surface area contributed by atoms with Crippen molar-refractivity contribution in [1.82, 2.24) is 14.2 Å². The minimum Gasteiger partial charge on any atom is -0.353 e. The normalized spacial score (nSPS) is 21.9. The van der Waals surface area contributed by atoms with Crippen molar-refractivity contribution in [1.29, 1.82) is 0 Å². The van der Waals surface area contributed by atoms with Gasteiger partial charge in [0.05, 0.1) is 4.70 Å². The van der Waals surface area contributed by atoms with Crippen molar-refractivity contribution in [2.75, 3.05) is 44.2 Å². The number of piperazine rings is 1. The number of hydrogen-bond donors (Lipinski definition) is 0. The lowest BCUT2D eigenvalue weighted by Gasteiger charge is -2.37. The lowest BCUT2D eigenvalue weighted by atomic mass is 9.76. The van der Waals surface area contributed by atoms with E-state index in [0.717, 1.165) is 51.4 Å². The molecule has 32 heavy (non-hydrogen) atoms. The van der Waals surface area contributed by atoms with Crippen LogP contribution in [0.25, 0.3) is 10.1 Å². The van der Waals surface area contributed by atoms with E-state index in [2.05, 4.69) is 38.4 Å². The molecular formula is C24H30N4O3S. The highest BCUT2D eigenvalue weighted by atomic mass is 32.1. The molecule has 0 N–H and O–H groups in total. The molecule has 0 bridgehead atoms. The summed E-state index contributed by atoms with van der Waals surface area (Å²) < 4.78 is 5.91. The molecule has 0 radical (unpaired) electrons. The lowest BCUT2D eigenvalue weighted by Crippen LogP contribution is -2.48. The highest BCUT2D eigenvalue weighted by Crippen LogP contribution is 2.45. The molecule has 1 aromatic carbocycles. The first-order valence-electron chi connectivity index (χ1n) is 11.7. The summed E-state index contributed by atoms with van der Waals surface area (Å²) in [4.78, 5) is 43.1. The highest BCUT2D eigenvalue weighted by Gasteiger charge is 2.47. The van der Waals surface area contributed by atoms with Gasteiger partial charge in [-0.05, 0) is 54.9 Å². The molecule has 0 unspecified atom stereocenters. The van der Waals surface area contributed by atoms with Crippen molar-refractivity contribution in [3.63, 3.8) is 0 Å². The Morgan fingerprint density at radius 3 is 2.34 bits per heavy atom. The number of ketones is 1. The molecule has 5 rings (SSSR count). The Bertz CT molecular complexity index is 1010. The zero-order valence-electron chi connectivity index (χ0n) is 18.4. The fraction of sp³-hybridized carbons (Fsp3) is 0.583. The second-order valence-corrected chi connectivity index (χ2v) is 10.4. The molecule has 0 atom stereocenters. The smallest absolute Gasteiger partial charge is 0.229 e. The van der Waals surface area contributed by atoms with Crippen molar-refractivity contribution < 1.29 is 14.4 Å². The number of fused-ring (bicyclic) bond motifs is 1. The molecule has 1 spiro atoms. The van der Waals surface area contributed by atoms with Crippen molar-refractivity contribution in [3.05, 3.63) is 24.3 Å². The Morgan fingerprint density at radius 2 is 1.62 bits per heavy atom. The first-order chi connectivity index (χ1) is 15.5. The summed E-state index contributed by atoms with van der Waals surface area (Å²) in [6, 6.07) is 8.40. The van der Waals surface area contributed by atoms with Gasteiger partial charge < -0.3 is 4.90 Å². The third-order valence-electron chi connectivity index (χ3n) is 7.30. The molecule has 2 amide bonds. The summed E-state index contributed by atoms with van der Waals surface area (Å²) in [6.45, 7) is 5.44. The number of imide groups is 1. The molecular weight excluding hydrogens is 424 g/mol. The van der Waals surface area contributed by atoms with Crippen LogP contribution < -0.4 is 4.90 Å². The number of unbranched alkanes of at least 4 members (excludes halogenated alkanes) is 1. The summed E-state index contributed by atoms with van der Waals surface area (Å²) in [5, 5.41) is 1.24. The minimum absolute atomic E-state index is 0.0833.